The number of hydrogen-bond acceptors (Lipinski definition) is 4. The molecule has 0 atom stereocenters. The molecule has 1 aromatic carbocycles. The van der Waals surface area contributed by atoms with Crippen LogP contribution in [0.5, 0.6) is 0 Å². The fraction of sp³-hybridized carbons (Fsp3) is 0.214. The molecule has 0 unspecified atom stereocenters. The first-order chi connectivity index (χ1) is 9.78. The van der Waals surface area contributed by atoms with Crippen LogP contribution in [0.1, 0.15) is 18.3 Å². The summed E-state index contributed by atoms with van der Waals surface area (Å²) in [6.45, 7) is 2.61. The minimum absolute atomic E-state index is 0.495. The van der Waals surface area contributed by atoms with Crippen molar-refractivity contribution in [2.24, 2.45) is 0 Å². The number of anilines is 1. The van der Waals surface area contributed by atoms with Gasteiger partial charge in [-0.3, -0.25) is 0 Å². The van der Waals surface area contributed by atoms with Crippen molar-refractivity contribution in [2.75, 3.05) is 5.73 Å². The number of nitrogen functional groups attached to an aromatic ring is 1. The number of aromatic nitrogens is 5. The van der Waals surface area contributed by atoms with E-state index in [4.69, 9.17) is 5.73 Å². The van der Waals surface area contributed by atoms with Gasteiger partial charge in [0.25, 0.3) is 0 Å². The van der Waals surface area contributed by atoms with Crippen molar-refractivity contribution in [3.05, 3.63) is 54.0 Å². The summed E-state index contributed by atoms with van der Waals surface area (Å²) in [7, 11) is 0. The summed E-state index contributed by atoms with van der Waals surface area (Å²) in [5.41, 5.74) is 8.68. The van der Waals surface area contributed by atoms with Crippen LogP contribution < -0.4 is 5.73 Å². The van der Waals surface area contributed by atoms with Crippen molar-refractivity contribution in [3.8, 4) is 5.69 Å². The molecule has 0 aliphatic heterocycles. The fourth-order valence-electron chi connectivity index (χ4n) is 2.16. The zero-order valence-electron chi connectivity index (χ0n) is 11.3. The van der Waals surface area contributed by atoms with Gasteiger partial charge in [-0.2, -0.15) is 5.10 Å². The van der Waals surface area contributed by atoms with Crippen molar-refractivity contribution in [3.63, 3.8) is 0 Å². The first kappa shape index (κ1) is 12.4. The third-order valence-corrected chi connectivity index (χ3v) is 3.18. The number of para-hydroxylation sites is 1. The summed E-state index contributed by atoms with van der Waals surface area (Å²) < 4.78 is 3.65. The average Bonchev–Trinajstić information content (AvgIpc) is 3.08. The predicted molar refractivity (Wildman–Crippen MR) is 76.5 cm³/mol. The van der Waals surface area contributed by atoms with E-state index in [-0.39, 0.29) is 0 Å². The van der Waals surface area contributed by atoms with Crippen LogP contribution in [0, 0.1) is 0 Å². The lowest BCUT2D eigenvalue weighted by Crippen LogP contribution is -2.07. The summed E-state index contributed by atoms with van der Waals surface area (Å²) >= 11 is 0. The quantitative estimate of drug-likeness (QED) is 0.780. The van der Waals surface area contributed by atoms with Gasteiger partial charge < -0.3 is 5.73 Å². The third-order valence-electron chi connectivity index (χ3n) is 3.18. The Morgan fingerprint density at radius 3 is 2.70 bits per heavy atom. The van der Waals surface area contributed by atoms with Gasteiger partial charge in [-0.05, 0) is 24.6 Å². The van der Waals surface area contributed by atoms with Crippen molar-refractivity contribution in [1.29, 1.82) is 0 Å². The molecule has 0 bridgehead atoms. The van der Waals surface area contributed by atoms with E-state index in [0.717, 1.165) is 23.5 Å². The van der Waals surface area contributed by atoms with Crippen molar-refractivity contribution in [1.82, 2.24) is 24.8 Å². The molecular weight excluding hydrogens is 252 g/mol. The van der Waals surface area contributed by atoms with Crippen molar-refractivity contribution in [2.45, 2.75) is 19.9 Å². The molecule has 6 nitrogen and oxygen atoms in total. The van der Waals surface area contributed by atoms with Gasteiger partial charge in [0.15, 0.2) is 5.82 Å². The second kappa shape index (κ2) is 5.16. The van der Waals surface area contributed by atoms with E-state index in [1.165, 1.54) is 0 Å². The summed E-state index contributed by atoms with van der Waals surface area (Å²) in [6, 6.07) is 12.0. The molecule has 0 aliphatic rings. The summed E-state index contributed by atoms with van der Waals surface area (Å²) in [4.78, 5) is 0. The number of nitrogens with two attached hydrogens (primary N) is 1. The lowest BCUT2D eigenvalue weighted by Gasteiger charge is -2.03. The third kappa shape index (κ3) is 2.27. The van der Waals surface area contributed by atoms with E-state index in [0.29, 0.717) is 12.4 Å². The van der Waals surface area contributed by atoms with Gasteiger partial charge in [-0.15, -0.1) is 5.10 Å². The lowest BCUT2D eigenvalue weighted by molar-refractivity contribution is 0.607. The zero-order valence-corrected chi connectivity index (χ0v) is 11.3. The highest BCUT2D eigenvalue weighted by molar-refractivity contribution is 5.33. The monoisotopic (exact) mass is 268 g/mol. The smallest absolute Gasteiger partial charge is 0.169 e. The predicted octanol–water partition coefficient (Wildman–Crippen LogP) is 1.66. The number of benzene rings is 1. The summed E-state index contributed by atoms with van der Waals surface area (Å²) in [5, 5.41) is 12.5. The highest BCUT2D eigenvalue weighted by Crippen LogP contribution is 2.11. The Morgan fingerprint density at radius 2 is 1.95 bits per heavy atom. The molecule has 6 heteroatoms. The Morgan fingerprint density at radius 1 is 1.15 bits per heavy atom. The van der Waals surface area contributed by atoms with Gasteiger partial charge in [0.05, 0.1) is 23.6 Å². The van der Waals surface area contributed by atoms with Crippen molar-refractivity contribution < 1.29 is 0 Å². The molecule has 3 rings (SSSR count). The molecule has 0 saturated carbocycles. The Hall–Kier alpha value is -2.63. The molecule has 2 heterocycles. The van der Waals surface area contributed by atoms with Crippen LogP contribution >= 0.6 is 0 Å². The SMILES string of the molecule is CCc1c(N)nnn1Cc1ccn(-c2ccccc2)n1. The van der Waals surface area contributed by atoms with Gasteiger partial charge in [0.1, 0.15) is 0 Å². The molecule has 0 aliphatic carbocycles. The molecule has 0 saturated heterocycles. The number of hydrogen-bond donors (Lipinski definition) is 1. The number of nitrogens with zero attached hydrogens (tertiary/aromatic N) is 5. The molecule has 20 heavy (non-hydrogen) atoms. The molecule has 0 radical (unpaired) electrons. The second-order valence-electron chi connectivity index (χ2n) is 4.52. The molecule has 0 amide bonds. The van der Waals surface area contributed by atoms with Crippen LogP contribution in [0.3, 0.4) is 0 Å². The van der Waals surface area contributed by atoms with Gasteiger partial charge in [-0.25, -0.2) is 9.36 Å². The van der Waals surface area contributed by atoms with E-state index in [1.807, 2.05) is 54.2 Å². The molecule has 0 fully saturated rings. The average molecular weight is 268 g/mol. The molecular formula is C14H16N6. The minimum Gasteiger partial charge on any atom is -0.381 e. The Labute approximate surface area is 116 Å². The van der Waals surface area contributed by atoms with Crippen LogP contribution in [0.15, 0.2) is 42.6 Å². The maximum atomic E-state index is 5.78. The van der Waals surface area contributed by atoms with Crippen LogP contribution in [0.25, 0.3) is 5.69 Å². The van der Waals surface area contributed by atoms with E-state index in [9.17, 15) is 0 Å². The van der Waals surface area contributed by atoms with Gasteiger partial charge in [-0.1, -0.05) is 30.3 Å². The zero-order chi connectivity index (χ0) is 13.9. The largest absolute Gasteiger partial charge is 0.381 e. The topological polar surface area (TPSA) is 74.5 Å². The first-order valence-corrected chi connectivity index (χ1v) is 6.55. The van der Waals surface area contributed by atoms with Gasteiger partial charge in [0, 0.05) is 6.20 Å². The van der Waals surface area contributed by atoms with Crippen molar-refractivity contribution >= 4 is 5.82 Å². The highest BCUT2D eigenvalue weighted by atomic mass is 15.4. The molecule has 2 aromatic heterocycles. The highest BCUT2D eigenvalue weighted by Gasteiger charge is 2.10. The molecule has 0 spiro atoms. The van der Waals surface area contributed by atoms with E-state index < -0.39 is 0 Å². The lowest BCUT2D eigenvalue weighted by atomic mass is 10.3. The maximum Gasteiger partial charge on any atom is 0.169 e. The van der Waals surface area contributed by atoms with Gasteiger partial charge in [0.2, 0.25) is 0 Å². The Balaban J connectivity index is 1.84. The molecule has 102 valence electrons. The van der Waals surface area contributed by atoms with E-state index in [2.05, 4.69) is 15.4 Å². The second-order valence-corrected chi connectivity index (χ2v) is 4.52. The summed E-state index contributed by atoms with van der Waals surface area (Å²) in [5.74, 6) is 0.495. The van der Waals surface area contributed by atoms with Crippen LogP contribution in [0.2, 0.25) is 0 Å². The van der Waals surface area contributed by atoms with Crippen LogP contribution in [0.4, 0.5) is 5.82 Å². The minimum atomic E-state index is 0.495. The molecule has 2 N–H and O–H groups in total. The van der Waals surface area contributed by atoms with Crippen LogP contribution in [-0.2, 0) is 13.0 Å². The van der Waals surface area contributed by atoms with E-state index >= 15 is 0 Å². The maximum absolute atomic E-state index is 5.78. The Kier molecular flexibility index (Phi) is 3.20. The normalized spacial score (nSPS) is 10.8. The Bertz CT molecular complexity index is 698. The number of rotatable bonds is 4. The van der Waals surface area contributed by atoms with Gasteiger partial charge >= 0.3 is 0 Å². The van der Waals surface area contributed by atoms with E-state index in [1.54, 1.807) is 4.68 Å². The van der Waals surface area contributed by atoms with Crippen LogP contribution in [-0.4, -0.2) is 24.8 Å². The molecule has 3 aromatic rings. The standard InChI is InChI=1S/C14H16N6/c1-2-13-14(15)16-18-20(13)10-11-8-9-19(17-11)12-6-4-3-5-7-12/h3-9H,2,10,15H2,1H3. The fourth-order valence-corrected chi connectivity index (χ4v) is 2.16. The first-order valence-electron chi connectivity index (χ1n) is 6.55. The summed E-state index contributed by atoms with van der Waals surface area (Å²) in [6.07, 6.45) is 2.74.